The highest BCUT2D eigenvalue weighted by molar-refractivity contribution is 5.97. The van der Waals surface area contributed by atoms with Gasteiger partial charge in [0, 0.05) is 10.9 Å². The molecule has 0 saturated heterocycles. The monoisotopic (exact) mass is 370 g/mol. The molecule has 1 heterocycles. The molecule has 0 unspecified atom stereocenters. The molecule has 0 aliphatic rings. The van der Waals surface area contributed by atoms with Crippen molar-refractivity contribution >= 4 is 16.8 Å². The lowest BCUT2D eigenvalue weighted by Crippen LogP contribution is -2.11. The van der Waals surface area contributed by atoms with E-state index >= 15 is 0 Å². The van der Waals surface area contributed by atoms with Crippen molar-refractivity contribution in [1.82, 2.24) is 0 Å². The van der Waals surface area contributed by atoms with Gasteiger partial charge in [0.1, 0.15) is 11.3 Å². The molecule has 4 aromatic rings. The molecular weight excluding hydrogens is 352 g/mol. The zero-order chi connectivity index (χ0) is 19.5. The number of rotatable bonds is 5. The van der Waals surface area contributed by atoms with Crippen molar-refractivity contribution in [3.63, 3.8) is 0 Å². The quantitative estimate of drug-likeness (QED) is 0.365. The molecule has 0 saturated carbocycles. The van der Waals surface area contributed by atoms with E-state index in [1.165, 1.54) is 0 Å². The first-order valence-corrected chi connectivity index (χ1v) is 8.97. The molecule has 4 heteroatoms. The molecule has 0 fully saturated rings. The number of ether oxygens (including phenoxy) is 1. The molecule has 3 aromatic carbocycles. The van der Waals surface area contributed by atoms with E-state index in [0.29, 0.717) is 22.5 Å². The second-order valence-corrected chi connectivity index (χ2v) is 6.49. The molecule has 0 atom stereocenters. The number of Topliss-reactive ketones (excluding diaryl/α,β-unsaturated/α-hetero) is 1. The number of carbonyl (C=O) groups excluding carboxylic acids is 1. The van der Waals surface area contributed by atoms with Crippen LogP contribution in [-0.2, 0) is 0 Å². The van der Waals surface area contributed by atoms with Gasteiger partial charge in [-0.3, -0.25) is 4.79 Å². The minimum atomic E-state index is -0.371. The standard InChI is InChI=1S/C24H18O4/c1-16-20-14-19(27-15-21(25)17-8-4-2-5-9-17)12-13-22(20)28-24(26)23(16)18-10-6-3-7-11-18/h2-14H,15H2,1H3. The van der Waals surface area contributed by atoms with Crippen LogP contribution in [0, 0.1) is 6.92 Å². The van der Waals surface area contributed by atoms with E-state index in [0.717, 1.165) is 16.5 Å². The summed E-state index contributed by atoms with van der Waals surface area (Å²) < 4.78 is 11.2. The van der Waals surface area contributed by atoms with E-state index in [2.05, 4.69) is 0 Å². The predicted molar refractivity (Wildman–Crippen MR) is 109 cm³/mol. The lowest BCUT2D eigenvalue weighted by atomic mass is 9.99. The average Bonchev–Trinajstić information content (AvgIpc) is 2.73. The van der Waals surface area contributed by atoms with Gasteiger partial charge < -0.3 is 9.15 Å². The molecule has 0 amide bonds. The summed E-state index contributed by atoms with van der Waals surface area (Å²) in [6, 6.07) is 23.6. The summed E-state index contributed by atoms with van der Waals surface area (Å²) in [7, 11) is 0. The van der Waals surface area contributed by atoms with Gasteiger partial charge in [-0.25, -0.2) is 4.79 Å². The van der Waals surface area contributed by atoms with Crippen LogP contribution in [0.5, 0.6) is 5.75 Å². The van der Waals surface area contributed by atoms with Crippen molar-refractivity contribution in [2.24, 2.45) is 0 Å². The first-order chi connectivity index (χ1) is 13.6. The fourth-order valence-electron chi connectivity index (χ4n) is 3.22. The Morgan fingerprint density at radius 1 is 0.929 bits per heavy atom. The number of fused-ring (bicyclic) bond motifs is 1. The van der Waals surface area contributed by atoms with Crippen molar-refractivity contribution in [3.8, 4) is 16.9 Å². The Kier molecular flexibility index (Phi) is 4.77. The molecule has 28 heavy (non-hydrogen) atoms. The fourth-order valence-corrected chi connectivity index (χ4v) is 3.22. The number of benzene rings is 3. The fraction of sp³-hybridized carbons (Fsp3) is 0.0833. The SMILES string of the molecule is Cc1c(-c2ccccc2)c(=O)oc2ccc(OCC(=O)c3ccccc3)cc12. The summed E-state index contributed by atoms with van der Waals surface area (Å²) in [4.78, 5) is 24.7. The third-order valence-electron chi connectivity index (χ3n) is 4.66. The van der Waals surface area contributed by atoms with Gasteiger partial charge in [-0.2, -0.15) is 0 Å². The zero-order valence-corrected chi connectivity index (χ0v) is 15.3. The lowest BCUT2D eigenvalue weighted by molar-refractivity contribution is 0.0921. The molecule has 0 radical (unpaired) electrons. The van der Waals surface area contributed by atoms with Crippen molar-refractivity contribution in [2.45, 2.75) is 6.92 Å². The Balaban J connectivity index is 1.67. The molecule has 4 nitrogen and oxygen atoms in total. The number of carbonyl (C=O) groups is 1. The van der Waals surface area contributed by atoms with Gasteiger partial charge in [-0.15, -0.1) is 0 Å². The normalized spacial score (nSPS) is 10.8. The van der Waals surface area contributed by atoms with Crippen LogP contribution < -0.4 is 10.4 Å². The lowest BCUT2D eigenvalue weighted by Gasteiger charge is -2.10. The zero-order valence-electron chi connectivity index (χ0n) is 15.3. The van der Waals surface area contributed by atoms with E-state index in [4.69, 9.17) is 9.15 Å². The summed E-state index contributed by atoms with van der Waals surface area (Å²) >= 11 is 0. The first-order valence-electron chi connectivity index (χ1n) is 8.97. The topological polar surface area (TPSA) is 56.5 Å². The first kappa shape index (κ1) is 17.7. The van der Waals surface area contributed by atoms with Crippen LogP contribution in [0.3, 0.4) is 0 Å². The number of aryl methyl sites for hydroxylation is 1. The molecule has 0 bridgehead atoms. The van der Waals surface area contributed by atoms with Gasteiger partial charge in [0.15, 0.2) is 12.4 Å². The van der Waals surface area contributed by atoms with Crippen molar-refractivity contribution in [2.75, 3.05) is 6.61 Å². The number of hydrogen-bond donors (Lipinski definition) is 0. The molecule has 4 rings (SSSR count). The predicted octanol–water partition coefficient (Wildman–Crippen LogP) is 5.03. The van der Waals surface area contributed by atoms with Gasteiger partial charge in [-0.05, 0) is 36.2 Å². The van der Waals surface area contributed by atoms with Crippen LogP contribution >= 0.6 is 0 Å². The number of ketones is 1. The second kappa shape index (κ2) is 7.53. The summed E-state index contributed by atoms with van der Waals surface area (Å²) in [5, 5.41) is 0.781. The highest BCUT2D eigenvalue weighted by Crippen LogP contribution is 2.29. The maximum absolute atomic E-state index is 12.5. The largest absolute Gasteiger partial charge is 0.485 e. The molecule has 0 aliphatic heterocycles. The van der Waals surface area contributed by atoms with Crippen LogP contribution in [0.1, 0.15) is 15.9 Å². The summed E-state index contributed by atoms with van der Waals surface area (Å²) in [5.74, 6) is 0.453. The molecule has 138 valence electrons. The Morgan fingerprint density at radius 3 is 2.32 bits per heavy atom. The minimum Gasteiger partial charge on any atom is -0.485 e. The Bertz CT molecular complexity index is 1190. The third-order valence-corrected chi connectivity index (χ3v) is 4.66. The summed E-state index contributed by atoms with van der Waals surface area (Å²) in [6.45, 7) is 1.83. The van der Waals surface area contributed by atoms with Crippen molar-refractivity contribution in [1.29, 1.82) is 0 Å². The van der Waals surface area contributed by atoms with Gasteiger partial charge in [0.25, 0.3) is 0 Å². The maximum atomic E-state index is 12.5. The van der Waals surface area contributed by atoms with Crippen LogP contribution in [0.25, 0.3) is 22.1 Å². The highest BCUT2D eigenvalue weighted by atomic mass is 16.5. The molecular formula is C24H18O4. The number of hydrogen-bond acceptors (Lipinski definition) is 4. The maximum Gasteiger partial charge on any atom is 0.344 e. The Labute approximate surface area is 162 Å². The minimum absolute atomic E-state index is 0.0586. The van der Waals surface area contributed by atoms with Gasteiger partial charge in [0.2, 0.25) is 0 Å². The average molecular weight is 370 g/mol. The third kappa shape index (κ3) is 3.45. The summed E-state index contributed by atoms with van der Waals surface area (Å²) in [5.41, 5.74) is 2.88. The highest BCUT2D eigenvalue weighted by Gasteiger charge is 2.14. The Hall–Kier alpha value is -3.66. The molecule has 0 spiro atoms. The van der Waals surface area contributed by atoms with Crippen molar-refractivity contribution in [3.05, 3.63) is 100 Å². The molecule has 0 N–H and O–H groups in total. The van der Waals surface area contributed by atoms with Crippen LogP contribution in [0.2, 0.25) is 0 Å². The van der Waals surface area contributed by atoms with Gasteiger partial charge >= 0.3 is 5.63 Å². The van der Waals surface area contributed by atoms with E-state index in [1.807, 2.05) is 55.5 Å². The Morgan fingerprint density at radius 2 is 1.61 bits per heavy atom. The van der Waals surface area contributed by atoms with E-state index < -0.39 is 0 Å². The van der Waals surface area contributed by atoms with Crippen molar-refractivity contribution < 1.29 is 13.9 Å². The molecule has 1 aromatic heterocycles. The van der Waals surface area contributed by atoms with Gasteiger partial charge in [-0.1, -0.05) is 60.7 Å². The smallest absolute Gasteiger partial charge is 0.344 e. The molecule has 0 aliphatic carbocycles. The van der Waals surface area contributed by atoms with Crippen LogP contribution in [-0.4, -0.2) is 12.4 Å². The second-order valence-electron chi connectivity index (χ2n) is 6.49. The summed E-state index contributed by atoms with van der Waals surface area (Å²) in [6.07, 6.45) is 0. The van der Waals surface area contributed by atoms with Crippen LogP contribution in [0.4, 0.5) is 0 Å². The van der Waals surface area contributed by atoms with E-state index in [-0.39, 0.29) is 18.0 Å². The van der Waals surface area contributed by atoms with Gasteiger partial charge in [0.05, 0.1) is 5.56 Å². The van der Waals surface area contributed by atoms with E-state index in [9.17, 15) is 9.59 Å². The van der Waals surface area contributed by atoms with E-state index in [1.54, 1.807) is 30.3 Å². The van der Waals surface area contributed by atoms with Crippen LogP contribution in [0.15, 0.2) is 88.1 Å².